The molecule has 172 valence electrons. The minimum atomic E-state index is -4.33. The van der Waals surface area contributed by atoms with Crippen molar-refractivity contribution in [1.82, 2.24) is 9.80 Å². The summed E-state index contributed by atoms with van der Waals surface area (Å²) in [5.41, 5.74) is 7.16. The number of thiophene rings is 1. The van der Waals surface area contributed by atoms with Crippen LogP contribution in [0.25, 0.3) is 0 Å². The average Bonchev–Trinajstić information content (AvgIpc) is 3.29. The minimum Gasteiger partial charge on any atom is -0.365 e. The second-order valence-corrected chi connectivity index (χ2v) is 9.33. The highest BCUT2D eigenvalue weighted by molar-refractivity contribution is 7.17. The molecule has 0 spiro atoms. The van der Waals surface area contributed by atoms with Crippen molar-refractivity contribution in [1.29, 1.82) is 0 Å². The Labute approximate surface area is 188 Å². The number of piperazine rings is 1. The second kappa shape index (κ2) is 9.21. The van der Waals surface area contributed by atoms with Crippen LogP contribution >= 0.6 is 11.3 Å². The van der Waals surface area contributed by atoms with Crippen LogP contribution in [0.2, 0.25) is 0 Å². The lowest BCUT2D eigenvalue weighted by molar-refractivity contribution is -0.137. The summed E-state index contributed by atoms with van der Waals surface area (Å²) in [5.74, 6) is -0.680. The highest BCUT2D eigenvalue weighted by Crippen LogP contribution is 2.38. The van der Waals surface area contributed by atoms with Crippen molar-refractivity contribution >= 4 is 28.2 Å². The molecule has 32 heavy (non-hydrogen) atoms. The molecular weight excluding hydrogens is 441 g/mol. The summed E-state index contributed by atoms with van der Waals surface area (Å²) in [7, 11) is 0. The van der Waals surface area contributed by atoms with Crippen LogP contribution in [0.5, 0.6) is 0 Å². The van der Waals surface area contributed by atoms with Crippen LogP contribution in [0.15, 0.2) is 24.3 Å². The number of anilines is 1. The van der Waals surface area contributed by atoms with Gasteiger partial charge in [-0.3, -0.25) is 19.4 Å². The molecule has 1 saturated heterocycles. The summed E-state index contributed by atoms with van der Waals surface area (Å²) in [4.78, 5) is 29.8. The molecule has 2 amide bonds. The van der Waals surface area contributed by atoms with Gasteiger partial charge in [0.05, 0.1) is 17.7 Å². The molecule has 0 atom stereocenters. The SMILES string of the molecule is NC(=O)c1c(NC(=O)CN2CCN(Cc3ccc(C(F)(F)F)cc3)CC2)sc2c1CCC2. The second-order valence-electron chi connectivity index (χ2n) is 8.22. The van der Waals surface area contributed by atoms with E-state index in [1.165, 1.54) is 23.5 Å². The van der Waals surface area contributed by atoms with Gasteiger partial charge in [0.15, 0.2) is 0 Å². The number of carbonyl (C=O) groups is 2. The number of nitrogens with one attached hydrogen (secondary N) is 1. The van der Waals surface area contributed by atoms with E-state index in [1.54, 1.807) is 0 Å². The Morgan fingerprint density at radius 3 is 2.31 bits per heavy atom. The van der Waals surface area contributed by atoms with E-state index in [0.29, 0.717) is 43.3 Å². The van der Waals surface area contributed by atoms with Crippen molar-refractivity contribution in [2.24, 2.45) is 5.73 Å². The lowest BCUT2D eigenvalue weighted by Crippen LogP contribution is -2.48. The fraction of sp³-hybridized carbons (Fsp3) is 0.455. The minimum absolute atomic E-state index is 0.177. The third kappa shape index (κ3) is 5.13. The third-order valence-electron chi connectivity index (χ3n) is 5.94. The summed E-state index contributed by atoms with van der Waals surface area (Å²) in [6.07, 6.45) is -1.59. The molecule has 1 aliphatic carbocycles. The zero-order valence-corrected chi connectivity index (χ0v) is 18.3. The first-order valence-corrected chi connectivity index (χ1v) is 11.4. The molecule has 0 radical (unpaired) electrons. The van der Waals surface area contributed by atoms with Crippen molar-refractivity contribution in [3.63, 3.8) is 0 Å². The van der Waals surface area contributed by atoms with E-state index >= 15 is 0 Å². The Balaban J connectivity index is 1.26. The molecule has 10 heteroatoms. The quantitative estimate of drug-likeness (QED) is 0.686. The highest BCUT2D eigenvalue weighted by atomic mass is 32.1. The number of aryl methyl sites for hydroxylation is 1. The van der Waals surface area contributed by atoms with Crippen LogP contribution in [0, 0.1) is 0 Å². The van der Waals surface area contributed by atoms with Gasteiger partial charge in [-0.1, -0.05) is 12.1 Å². The van der Waals surface area contributed by atoms with Crippen molar-refractivity contribution < 1.29 is 22.8 Å². The maximum absolute atomic E-state index is 12.7. The van der Waals surface area contributed by atoms with Gasteiger partial charge in [0.1, 0.15) is 5.00 Å². The lowest BCUT2D eigenvalue weighted by atomic mass is 10.1. The van der Waals surface area contributed by atoms with Crippen molar-refractivity contribution in [3.8, 4) is 0 Å². The molecule has 2 heterocycles. The van der Waals surface area contributed by atoms with Gasteiger partial charge in [-0.25, -0.2) is 0 Å². The van der Waals surface area contributed by atoms with Crippen LogP contribution in [0.3, 0.4) is 0 Å². The van der Waals surface area contributed by atoms with E-state index < -0.39 is 17.6 Å². The first-order valence-electron chi connectivity index (χ1n) is 10.6. The fourth-order valence-electron chi connectivity index (χ4n) is 4.29. The Morgan fingerprint density at radius 1 is 1.03 bits per heavy atom. The number of carbonyl (C=O) groups excluding carboxylic acids is 2. The van der Waals surface area contributed by atoms with E-state index in [4.69, 9.17) is 5.73 Å². The van der Waals surface area contributed by atoms with Crippen LogP contribution in [-0.4, -0.2) is 54.3 Å². The van der Waals surface area contributed by atoms with Crippen molar-refractivity contribution in [3.05, 3.63) is 51.4 Å². The van der Waals surface area contributed by atoms with E-state index in [9.17, 15) is 22.8 Å². The Kier molecular flexibility index (Phi) is 6.55. The zero-order valence-electron chi connectivity index (χ0n) is 17.5. The number of nitrogens with zero attached hydrogens (tertiary/aromatic N) is 2. The third-order valence-corrected chi connectivity index (χ3v) is 7.15. The smallest absolute Gasteiger partial charge is 0.365 e. The number of fused-ring (bicyclic) bond motifs is 1. The van der Waals surface area contributed by atoms with Gasteiger partial charge in [-0.05, 0) is 42.5 Å². The van der Waals surface area contributed by atoms with Crippen molar-refractivity contribution in [2.45, 2.75) is 32.0 Å². The van der Waals surface area contributed by atoms with Gasteiger partial charge in [0, 0.05) is 37.6 Å². The van der Waals surface area contributed by atoms with E-state index in [1.807, 2.05) is 4.90 Å². The molecule has 4 rings (SSSR count). The van der Waals surface area contributed by atoms with E-state index in [-0.39, 0.29) is 12.5 Å². The van der Waals surface area contributed by atoms with Crippen LogP contribution < -0.4 is 11.1 Å². The van der Waals surface area contributed by atoms with Gasteiger partial charge in [0.25, 0.3) is 5.91 Å². The summed E-state index contributed by atoms with van der Waals surface area (Å²) in [6.45, 7) is 3.58. The number of primary amides is 1. The first-order chi connectivity index (χ1) is 15.2. The summed E-state index contributed by atoms with van der Waals surface area (Å²) in [5, 5.41) is 3.42. The van der Waals surface area contributed by atoms with Gasteiger partial charge in [0.2, 0.25) is 5.91 Å². The summed E-state index contributed by atoms with van der Waals surface area (Å²) < 4.78 is 38.1. The molecule has 1 aliphatic heterocycles. The Hall–Kier alpha value is -2.43. The number of nitrogens with two attached hydrogens (primary N) is 1. The number of amides is 2. The van der Waals surface area contributed by atoms with Gasteiger partial charge in [-0.15, -0.1) is 11.3 Å². The number of rotatable bonds is 6. The van der Waals surface area contributed by atoms with Gasteiger partial charge in [-0.2, -0.15) is 13.2 Å². The first kappa shape index (κ1) is 22.8. The number of hydrogen-bond acceptors (Lipinski definition) is 5. The summed E-state index contributed by atoms with van der Waals surface area (Å²) >= 11 is 1.44. The molecule has 2 aliphatic rings. The molecule has 0 unspecified atom stereocenters. The maximum Gasteiger partial charge on any atom is 0.416 e. The van der Waals surface area contributed by atoms with E-state index in [0.717, 1.165) is 47.4 Å². The number of benzene rings is 1. The standard InChI is InChI=1S/C22H25F3N4O2S/c23-22(24,25)15-6-4-14(5-7-15)12-28-8-10-29(11-9-28)13-18(30)27-21-19(20(26)31)16-2-1-3-17(16)32-21/h4-7H,1-3,8-13H2,(H2,26,31)(H,27,30). The predicted octanol–water partition coefficient (Wildman–Crippen LogP) is 3.11. The summed E-state index contributed by atoms with van der Waals surface area (Å²) in [6, 6.07) is 5.24. The molecular formula is C22H25F3N4O2S. The molecule has 6 nitrogen and oxygen atoms in total. The largest absolute Gasteiger partial charge is 0.416 e. The number of alkyl halides is 3. The van der Waals surface area contributed by atoms with Crippen LogP contribution in [-0.2, 0) is 30.4 Å². The average molecular weight is 467 g/mol. The molecule has 0 bridgehead atoms. The Bertz CT molecular complexity index is 996. The molecule has 1 aromatic carbocycles. The van der Waals surface area contributed by atoms with Gasteiger partial charge < -0.3 is 11.1 Å². The fourth-order valence-corrected chi connectivity index (χ4v) is 5.60. The molecule has 3 N–H and O–H groups in total. The van der Waals surface area contributed by atoms with Gasteiger partial charge >= 0.3 is 6.18 Å². The van der Waals surface area contributed by atoms with Crippen LogP contribution in [0.4, 0.5) is 18.2 Å². The zero-order chi connectivity index (χ0) is 22.9. The normalized spacial score (nSPS) is 17.3. The molecule has 0 saturated carbocycles. The lowest BCUT2D eigenvalue weighted by Gasteiger charge is -2.34. The molecule has 2 aromatic rings. The van der Waals surface area contributed by atoms with Crippen LogP contribution in [0.1, 0.15) is 38.3 Å². The number of hydrogen-bond donors (Lipinski definition) is 2. The topological polar surface area (TPSA) is 78.7 Å². The molecule has 1 fully saturated rings. The van der Waals surface area contributed by atoms with E-state index in [2.05, 4.69) is 10.2 Å². The predicted molar refractivity (Wildman–Crippen MR) is 117 cm³/mol. The Morgan fingerprint density at radius 2 is 1.69 bits per heavy atom. The highest BCUT2D eigenvalue weighted by Gasteiger charge is 2.30. The van der Waals surface area contributed by atoms with Crippen molar-refractivity contribution in [2.75, 3.05) is 38.0 Å². The monoisotopic (exact) mass is 466 g/mol. The maximum atomic E-state index is 12.7. The number of halogens is 3. The molecule has 1 aromatic heterocycles.